The summed E-state index contributed by atoms with van der Waals surface area (Å²) in [7, 11) is -3.89. The van der Waals surface area contributed by atoms with E-state index in [-0.39, 0.29) is 16.7 Å². The van der Waals surface area contributed by atoms with E-state index in [4.69, 9.17) is 0 Å². The number of sulfonamides is 1. The predicted molar refractivity (Wildman–Crippen MR) is 133 cm³/mol. The molecule has 0 aliphatic carbocycles. The van der Waals surface area contributed by atoms with Gasteiger partial charge in [-0.3, -0.25) is 0 Å². The molecule has 2 aliphatic rings. The van der Waals surface area contributed by atoms with Gasteiger partial charge in [0.1, 0.15) is 10.7 Å². The number of hydrogen-bond acceptors (Lipinski definition) is 3. The van der Waals surface area contributed by atoms with Crippen molar-refractivity contribution < 1.29 is 12.8 Å². The van der Waals surface area contributed by atoms with E-state index in [1.807, 2.05) is 18.2 Å². The first-order chi connectivity index (χ1) is 16.5. The molecule has 0 radical (unpaired) electrons. The summed E-state index contributed by atoms with van der Waals surface area (Å²) in [5, 5.41) is 0. The molecule has 0 aromatic heterocycles. The van der Waals surface area contributed by atoms with Crippen LogP contribution in [0.5, 0.6) is 0 Å². The Balaban J connectivity index is 1.32. The zero-order valence-corrected chi connectivity index (χ0v) is 20.1. The van der Waals surface area contributed by atoms with Crippen molar-refractivity contribution in [1.82, 2.24) is 9.21 Å². The summed E-state index contributed by atoms with van der Waals surface area (Å²) >= 11 is 0. The first-order valence-electron chi connectivity index (χ1n) is 12.1. The molecule has 178 valence electrons. The van der Waals surface area contributed by atoms with Crippen LogP contribution in [0.15, 0.2) is 89.8 Å². The Morgan fingerprint density at radius 3 is 2.00 bits per heavy atom. The molecule has 0 bridgehead atoms. The molecule has 4 nitrogen and oxygen atoms in total. The number of likely N-dealkylation sites (tertiary alicyclic amines) is 1. The number of hydrogen-bond donors (Lipinski definition) is 0. The van der Waals surface area contributed by atoms with Crippen molar-refractivity contribution in [1.29, 1.82) is 0 Å². The van der Waals surface area contributed by atoms with Gasteiger partial charge in [-0.25, -0.2) is 12.8 Å². The monoisotopic (exact) mass is 478 g/mol. The minimum absolute atomic E-state index is 0.0922. The quantitative estimate of drug-likeness (QED) is 0.494. The fourth-order valence-corrected chi connectivity index (χ4v) is 7.18. The van der Waals surface area contributed by atoms with Crippen LogP contribution in [0.4, 0.5) is 4.39 Å². The molecule has 0 unspecified atom stereocenters. The van der Waals surface area contributed by atoms with Gasteiger partial charge in [0.15, 0.2) is 0 Å². The topological polar surface area (TPSA) is 40.6 Å². The highest BCUT2D eigenvalue weighted by Gasteiger charge is 2.41. The summed E-state index contributed by atoms with van der Waals surface area (Å²) in [5.41, 5.74) is 2.56. The van der Waals surface area contributed by atoms with Gasteiger partial charge in [0.25, 0.3) is 0 Å². The smallest absolute Gasteiger partial charge is 0.246 e. The molecule has 2 atom stereocenters. The van der Waals surface area contributed by atoms with E-state index >= 15 is 0 Å². The second kappa shape index (κ2) is 9.98. The van der Waals surface area contributed by atoms with Crippen LogP contribution in [0.1, 0.15) is 35.8 Å². The normalized spacial score (nSPS) is 22.7. The average molecular weight is 479 g/mol. The van der Waals surface area contributed by atoms with E-state index in [0.29, 0.717) is 19.0 Å². The van der Waals surface area contributed by atoms with Gasteiger partial charge in [-0.1, -0.05) is 72.8 Å². The summed E-state index contributed by atoms with van der Waals surface area (Å²) in [4.78, 5) is 2.25. The standard InChI is InChI=1S/C28H31FN2O2S/c29-27-13-7-8-14-28(27)34(32,33)31-20-25(26(21-31)24-11-5-2-6-12-24)19-30-17-15-23(16-18-30)22-9-3-1-4-10-22/h1-14,23,25-26H,15-21H2/t25-,26+/m1/s1. The van der Waals surface area contributed by atoms with E-state index < -0.39 is 15.8 Å². The molecule has 2 fully saturated rings. The van der Waals surface area contributed by atoms with Crippen molar-refractivity contribution >= 4 is 10.0 Å². The Labute approximate surface area is 202 Å². The summed E-state index contributed by atoms with van der Waals surface area (Å²) < 4.78 is 42.6. The Hall–Kier alpha value is -2.54. The van der Waals surface area contributed by atoms with Gasteiger partial charge in [0, 0.05) is 25.6 Å². The number of piperidine rings is 1. The van der Waals surface area contributed by atoms with Crippen LogP contribution in [0.25, 0.3) is 0 Å². The van der Waals surface area contributed by atoms with Crippen molar-refractivity contribution in [3.8, 4) is 0 Å². The molecule has 2 saturated heterocycles. The molecule has 3 aromatic carbocycles. The lowest BCUT2D eigenvalue weighted by Crippen LogP contribution is -2.38. The highest BCUT2D eigenvalue weighted by atomic mass is 32.2. The van der Waals surface area contributed by atoms with E-state index in [0.717, 1.165) is 38.0 Å². The number of rotatable bonds is 6. The summed E-state index contributed by atoms with van der Waals surface area (Å²) in [6.07, 6.45) is 2.23. The molecule has 0 amide bonds. The highest BCUT2D eigenvalue weighted by Crippen LogP contribution is 2.37. The molecule has 3 aromatic rings. The Kier molecular flexibility index (Phi) is 6.82. The molecule has 0 N–H and O–H groups in total. The van der Waals surface area contributed by atoms with Crippen LogP contribution in [0.2, 0.25) is 0 Å². The summed E-state index contributed by atoms with van der Waals surface area (Å²) in [5.74, 6) is 0.154. The lowest BCUT2D eigenvalue weighted by molar-refractivity contribution is 0.180. The SMILES string of the molecule is O=S(=O)(c1ccccc1F)N1C[C@@H](CN2CCC(c3ccccc3)CC2)[C@H](c2ccccc2)C1. The first kappa shape index (κ1) is 23.2. The van der Waals surface area contributed by atoms with Crippen molar-refractivity contribution in [3.63, 3.8) is 0 Å². The minimum atomic E-state index is -3.89. The maximum atomic E-state index is 14.4. The highest BCUT2D eigenvalue weighted by molar-refractivity contribution is 7.89. The third-order valence-electron chi connectivity index (χ3n) is 7.44. The third-order valence-corrected chi connectivity index (χ3v) is 9.31. The molecule has 2 aliphatic heterocycles. The van der Waals surface area contributed by atoms with Crippen LogP contribution >= 0.6 is 0 Å². The van der Waals surface area contributed by atoms with Crippen LogP contribution in [0, 0.1) is 11.7 Å². The molecule has 34 heavy (non-hydrogen) atoms. The molecular weight excluding hydrogens is 447 g/mol. The number of halogens is 1. The minimum Gasteiger partial charge on any atom is -0.303 e. The molecule has 5 rings (SSSR count). The Morgan fingerprint density at radius 1 is 0.765 bits per heavy atom. The summed E-state index contributed by atoms with van der Waals surface area (Å²) in [6.45, 7) is 3.67. The molecule has 2 heterocycles. The zero-order valence-electron chi connectivity index (χ0n) is 19.3. The van der Waals surface area contributed by atoms with Gasteiger partial charge in [-0.05, 0) is 61.0 Å². The van der Waals surface area contributed by atoms with Crippen molar-refractivity contribution in [2.75, 3.05) is 32.7 Å². The second-order valence-corrected chi connectivity index (χ2v) is 11.4. The lowest BCUT2D eigenvalue weighted by Gasteiger charge is -2.35. The van der Waals surface area contributed by atoms with Crippen LogP contribution in [0.3, 0.4) is 0 Å². The van der Waals surface area contributed by atoms with E-state index in [1.54, 1.807) is 6.07 Å². The van der Waals surface area contributed by atoms with Gasteiger partial charge in [0.05, 0.1) is 0 Å². The Bertz CT molecular complexity index is 1200. The predicted octanol–water partition coefficient (Wildman–Crippen LogP) is 5.11. The first-order valence-corrected chi connectivity index (χ1v) is 13.5. The maximum absolute atomic E-state index is 14.4. The molecule has 0 saturated carbocycles. The zero-order chi connectivity index (χ0) is 23.5. The van der Waals surface area contributed by atoms with Crippen LogP contribution in [-0.4, -0.2) is 50.3 Å². The van der Waals surface area contributed by atoms with Gasteiger partial charge in [-0.15, -0.1) is 0 Å². The number of nitrogens with zero attached hydrogens (tertiary/aromatic N) is 2. The van der Waals surface area contributed by atoms with Gasteiger partial charge >= 0.3 is 0 Å². The van der Waals surface area contributed by atoms with E-state index in [1.165, 1.54) is 28.1 Å². The van der Waals surface area contributed by atoms with Crippen LogP contribution < -0.4 is 0 Å². The van der Waals surface area contributed by atoms with Crippen molar-refractivity contribution in [2.24, 2.45) is 5.92 Å². The molecule has 0 spiro atoms. The largest absolute Gasteiger partial charge is 0.303 e. The third kappa shape index (κ3) is 4.81. The summed E-state index contributed by atoms with van der Waals surface area (Å²) in [6, 6.07) is 26.5. The fraction of sp³-hybridized carbons (Fsp3) is 0.357. The van der Waals surface area contributed by atoms with Crippen LogP contribution in [-0.2, 0) is 10.0 Å². The van der Waals surface area contributed by atoms with E-state index in [9.17, 15) is 12.8 Å². The second-order valence-electron chi connectivity index (χ2n) is 9.52. The van der Waals surface area contributed by atoms with Gasteiger partial charge in [-0.2, -0.15) is 4.31 Å². The molecule has 6 heteroatoms. The average Bonchev–Trinajstić information content (AvgIpc) is 3.30. The number of benzene rings is 3. The van der Waals surface area contributed by atoms with Gasteiger partial charge in [0.2, 0.25) is 10.0 Å². The molecular formula is C28H31FN2O2S. The van der Waals surface area contributed by atoms with Gasteiger partial charge < -0.3 is 4.90 Å². The lowest BCUT2D eigenvalue weighted by atomic mass is 9.86. The van der Waals surface area contributed by atoms with Crippen molar-refractivity contribution in [2.45, 2.75) is 29.6 Å². The maximum Gasteiger partial charge on any atom is 0.246 e. The fourth-order valence-electron chi connectivity index (χ4n) is 5.59. The van der Waals surface area contributed by atoms with Crippen molar-refractivity contribution in [3.05, 3.63) is 102 Å². The Morgan fingerprint density at radius 2 is 1.35 bits per heavy atom. The van der Waals surface area contributed by atoms with E-state index in [2.05, 4.69) is 47.4 Å².